The van der Waals surface area contributed by atoms with Gasteiger partial charge in [0, 0.05) is 12.3 Å². The van der Waals surface area contributed by atoms with E-state index < -0.39 is 5.60 Å². The fourth-order valence-electron chi connectivity index (χ4n) is 8.44. The monoisotopic (exact) mass is 358 g/mol. The van der Waals surface area contributed by atoms with E-state index in [1.807, 2.05) is 13.0 Å². The molecule has 0 saturated heterocycles. The van der Waals surface area contributed by atoms with Gasteiger partial charge in [0.15, 0.2) is 5.78 Å². The van der Waals surface area contributed by atoms with Gasteiger partial charge in [0.1, 0.15) is 5.78 Å². The van der Waals surface area contributed by atoms with Crippen molar-refractivity contribution in [3.8, 4) is 0 Å². The minimum absolute atomic E-state index is 0.0850. The summed E-state index contributed by atoms with van der Waals surface area (Å²) in [7, 11) is 0. The first-order valence-corrected chi connectivity index (χ1v) is 10.5. The van der Waals surface area contributed by atoms with Gasteiger partial charge in [-0.15, -0.1) is 0 Å². The third-order valence-corrected chi connectivity index (χ3v) is 8.96. The van der Waals surface area contributed by atoms with Gasteiger partial charge in [0.05, 0.1) is 5.60 Å². The molecule has 3 saturated carbocycles. The zero-order valence-electron chi connectivity index (χ0n) is 17.0. The van der Waals surface area contributed by atoms with E-state index in [4.69, 9.17) is 0 Å². The van der Waals surface area contributed by atoms with Gasteiger partial charge < -0.3 is 5.11 Å². The van der Waals surface area contributed by atoms with E-state index in [0.29, 0.717) is 36.4 Å². The second-order valence-electron chi connectivity index (χ2n) is 10.6. The molecule has 4 rings (SSSR count). The van der Waals surface area contributed by atoms with E-state index in [2.05, 4.69) is 20.8 Å². The van der Waals surface area contributed by atoms with Crippen molar-refractivity contribution in [3.05, 3.63) is 11.6 Å². The van der Waals surface area contributed by atoms with Crippen LogP contribution in [0.15, 0.2) is 11.6 Å². The molecular weight excluding hydrogens is 324 g/mol. The zero-order chi connectivity index (χ0) is 19.1. The van der Waals surface area contributed by atoms with Crippen molar-refractivity contribution in [1.29, 1.82) is 0 Å². The molecule has 3 heteroatoms. The number of ketones is 2. The first-order valence-electron chi connectivity index (χ1n) is 10.5. The number of hydrogen-bond donors (Lipinski definition) is 1. The van der Waals surface area contributed by atoms with Crippen LogP contribution in [0, 0.1) is 40.4 Å². The number of fused-ring (bicyclic) bond motifs is 5. The Bertz CT molecular complexity index is 690. The molecule has 4 aliphatic carbocycles. The number of carbonyl (C=O) groups excluding carboxylic acids is 2. The van der Waals surface area contributed by atoms with Gasteiger partial charge >= 0.3 is 0 Å². The van der Waals surface area contributed by atoms with Crippen molar-refractivity contribution >= 4 is 11.6 Å². The summed E-state index contributed by atoms with van der Waals surface area (Å²) in [6, 6.07) is 0. The first-order chi connectivity index (χ1) is 12.0. The highest BCUT2D eigenvalue weighted by molar-refractivity contribution is 5.91. The Kier molecular flexibility index (Phi) is 3.91. The van der Waals surface area contributed by atoms with E-state index in [1.54, 1.807) is 6.92 Å². The molecule has 8 atom stereocenters. The molecule has 0 aromatic heterocycles. The van der Waals surface area contributed by atoms with Gasteiger partial charge in [-0.1, -0.05) is 26.3 Å². The summed E-state index contributed by atoms with van der Waals surface area (Å²) in [5.74, 6) is 2.17. The maximum absolute atomic E-state index is 12.3. The van der Waals surface area contributed by atoms with Crippen LogP contribution < -0.4 is 0 Å². The summed E-state index contributed by atoms with van der Waals surface area (Å²) in [4.78, 5) is 24.4. The Hall–Kier alpha value is -0.960. The summed E-state index contributed by atoms with van der Waals surface area (Å²) < 4.78 is 0. The molecule has 0 aromatic carbocycles. The van der Waals surface area contributed by atoms with Crippen LogP contribution in [0.25, 0.3) is 0 Å². The quantitative estimate of drug-likeness (QED) is 0.759. The molecule has 26 heavy (non-hydrogen) atoms. The third-order valence-electron chi connectivity index (χ3n) is 8.96. The number of carbonyl (C=O) groups is 2. The molecule has 0 bridgehead atoms. The highest BCUT2D eigenvalue weighted by Crippen LogP contribution is 2.69. The fourth-order valence-corrected chi connectivity index (χ4v) is 8.44. The Morgan fingerprint density at radius 1 is 1.23 bits per heavy atom. The lowest BCUT2D eigenvalue weighted by Gasteiger charge is -2.64. The number of hydrogen-bond acceptors (Lipinski definition) is 3. The molecule has 144 valence electrons. The maximum atomic E-state index is 12.3. The summed E-state index contributed by atoms with van der Waals surface area (Å²) in [5.41, 5.74) is 0.315. The standard InChI is InChI=1S/C23H34O3/c1-13-10-16-18-7-6-17(14(2)24)22(18,4)12-23(5,26)20(16)21(3)9-8-15(25)11-19(13)21/h11,13,16-18,20,26H,6-10,12H2,1-5H3/t13-,16-,17+,18-,20-,21-,22+,23+/m0/s1. The van der Waals surface area contributed by atoms with Crippen LogP contribution >= 0.6 is 0 Å². The van der Waals surface area contributed by atoms with Gasteiger partial charge in [-0.05, 0) is 86.5 Å². The highest BCUT2D eigenvalue weighted by atomic mass is 16.3. The third kappa shape index (κ3) is 2.28. The predicted molar refractivity (Wildman–Crippen MR) is 101 cm³/mol. The number of rotatable bonds is 1. The van der Waals surface area contributed by atoms with Crippen LogP contribution in [0.3, 0.4) is 0 Å². The number of Topliss-reactive ketones (excluding diaryl/α,β-unsaturated/α-hetero) is 1. The van der Waals surface area contributed by atoms with Crippen LogP contribution in [0.4, 0.5) is 0 Å². The average molecular weight is 359 g/mol. The summed E-state index contributed by atoms with van der Waals surface area (Å²) in [6.07, 6.45) is 7.20. The van der Waals surface area contributed by atoms with Crippen molar-refractivity contribution in [2.24, 2.45) is 40.4 Å². The molecule has 0 heterocycles. The molecule has 1 N–H and O–H groups in total. The van der Waals surface area contributed by atoms with Gasteiger partial charge in [-0.25, -0.2) is 0 Å². The second kappa shape index (κ2) is 5.53. The fraction of sp³-hybridized carbons (Fsp3) is 0.826. The molecule has 0 spiro atoms. The molecule has 3 fully saturated rings. The van der Waals surface area contributed by atoms with E-state index in [-0.39, 0.29) is 28.4 Å². The van der Waals surface area contributed by atoms with Crippen LogP contribution in [0.1, 0.15) is 73.1 Å². The molecule has 0 radical (unpaired) electrons. The van der Waals surface area contributed by atoms with Crippen molar-refractivity contribution < 1.29 is 14.7 Å². The molecule has 0 aliphatic heterocycles. The smallest absolute Gasteiger partial charge is 0.155 e. The summed E-state index contributed by atoms with van der Waals surface area (Å²) in [5, 5.41) is 11.7. The SMILES string of the molecule is CC(=O)[C@H]1CC[C@H]2[C@@H]3C[C@H](C)C4=CC(=O)CC[C@]4(C)[C@H]3[C@](C)(O)C[C@]12C. The molecule has 3 nitrogen and oxygen atoms in total. The van der Waals surface area contributed by atoms with Crippen LogP contribution in [-0.4, -0.2) is 22.3 Å². The van der Waals surface area contributed by atoms with E-state index in [0.717, 1.165) is 25.7 Å². The van der Waals surface area contributed by atoms with Gasteiger partial charge in [-0.3, -0.25) is 9.59 Å². The maximum Gasteiger partial charge on any atom is 0.155 e. The Morgan fingerprint density at radius 3 is 2.58 bits per heavy atom. The van der Waals surface area contributed by atoms with Crippen LogP contribution in [-0.2, 0) is 9.59 Å². The number of allylic oxidation sites excluding steroid dienone is 1. The van der Waals surface area contributed by atoms with Gasteiger partial charge in [-0.2, -0.15) is 0 Å². The Labute approximate surface area is 157 Å². The van der Waals surface area contributed by atoms with Gasteiger partial charge in [0.25, 0.3) is 0 Å². The van der Waals surface area contributed by atoms with Crippen LogP contribution in [0.5, 0.6) is 0 Å². The topological polar surface area (TPSA) is 54.4 Å². The summed E-state index contributed by atoms with van der Waals surface area (Å²) >= 11 is 0. The Morgan fingerprint density at radius 2 is 1.92 bits per heavy atom. The normalized spacial score (nSPS) is 53.4. The lowest BCUT2D eigenvalue weighted by molar-refractivity contribution is -0.188. The lowest BCUT2D eigenvalue weighted by Crippen LogP contribution is -2.62. The predicted octanol–water partition coefficient (Wildman–Crippen LogP) is 4.33. The minimum atomic E-state index is -0.789. The second-order valence-corrected chi connectivity index (χ2v) is 10.6. The zero-order valence-corrected chi connectivity index (χ0v) is 17.0. The lowest BCUT2D eigenvalue weighted by atomic mass is 9.41. The molecule has 0 amide bonds. The van der Waals surface area contributed by atoms with Crippen LogP contribution in [0.2, 0.25) is 0 Å². The highest BCUT2D eigenvalue weighted by Gasteiger charge is 2.66. The molecule has 0 unspecified atom stereocenters. The van der Waals surface area contributed by atoms with Gasteiger partial charge in [0.2, 0.25) is 0 Å². The van der Waals surface area contributed by atoms with Crippen molar-refractivity contribution in [3.63, 3.8) is 0 Å². The van der Waals surface area contributed by atoms with Crippen molar-refractivity contribution in [2.45, 2.75) is 78.7 Å². The minimum Gasteiger partial charge on any atom is -0.390 e. The summed E-state index contributed by atoms with van der Waals surface area (Å²) in [6.45, 7) is 10.6. The Balaban J connectivity index is 1.82. The first kappa shape index (κ1) is 18.4. The van der Waals surface area contributed by atoms with Crippen molar-refractivity contribution in [1.82, 2.24) is 0 Å². The van der Waals surface area contributed by atoms with Crippen molar-refractivity contribution in [2.75, 3.05) is 0 Å². The average Bonchev–Trinajstić information content (AvgIpc) is 2.84. The molecular formula is C23H34O3. The van der Waals surface area contributed by atoms with E-state index >= 15 is 0 Å². The largest absolute Gasteiger partial charge is 0.390 e. The van der Waals surface area contributed by atoms with E-state index in [9.17, 15) is 14.7 Å². The molecule has 4 aliphatic rings. The van der Waals surface area contributed by atoms with E-state index in [1.165, 1.54) is 5.57 Å². The molecule has 0 aromatic rings. The number of aliphatic hydroxyl groups is 1.